The van der Waals surface area contributed by atoms with Crippen molar-refractivity contribution in [3.8, 4) is 39.9 Å². The first kappa shape index (κ1) is 21.8. The highest BCUT2D eigenvalue weighted by Gasteiger charge is 2.24. The van der Waals surface area contributed by atoms with Crippen LogP contribution in [0.15, 0.2) is 70.1 Å². The molecule has 8 nitrogen and oxygen atoms in total. The molecule has 0 saturated carbocycles. The lowest BCUT2D eigenvalue weighted by Crippen LogP contribution is -2.43. The van der Waals surface area contributed by atoms with Gasteiger partial charge in [0, 0.05) is 43.0 Å². The number of nitriles is 1. The minimum absolute atomic E-state index is 0. The minimum Gasteiger partial charge on any atom is -0.472 e. The van der Waals surface area contributed by atoms with E-state index < -0.39 is 0 Å². The van der Waals surface area contributed by atoms with Gasteiger partial charge in [0.25, 0.3) is 0 Å². The molecule has 1 aliphatic rings. The molecule has 1 aliphatic heterocycles. The van der Waals surface area contributed by atoms with Gasteiger partial charge in [0.15, 0.2) is 11.4 Å². The molecular formula is C25H21ClN6O2. The number of fused-ring (bicyclic) bond motifs is 1. The molecule has 9 heteroatoms. The van der Waals surface area contributed by atoms with E-state index in [2.05, 4.69) is 50.7 Å². The lowest BCUT2D eigenvalue weighted by atomic mass is 9.93. The van der Waals surface area contributed by atoms with Gasteiger partial charge in [-0.15, -0.1) is 12.4 Å². The van der Waals surface area contributed by atoms with Crippen molar-refractivity contribution in [2.24, 2.45) is 0 Å². The van der Waals surface area contributed by atoms with Crippen LogP contribution in [0, 0.1) is 11.3 Å². The second kappa shape index (κ2) is 9.06. The summed E-state index contributed by atoms with van der Waals surface area (Å²) >= 11 is 0. The highest BCUT2D eigenvalue weighted by atomic mass is 35.5. The molecule has 5 aromatic rings. The highest BCUT2D eigenvalue weighted by molar-refractivity contribution is 6.06. The Kier molecular flexibility index (Phi) is 5.80. The second-order valence-electron chi connectivity index (χ2n) is 7.89. The lowest BCUT2D eigenvalue weighted by molar-refractivity contribution is 0.568. The summed E-state index contributed by atoms with van der Waals surface area (Å²) in [7, 11) is 0. The molecule has 1 fully saturated rings. The Hall–Kier alpha value is -4.06. The number of anilines is 1. The van der Waals surface area contributed by atoms with Crippen molar-refractivity contribution in [1.29, 1.82) is 5.26 Å². The number of H-pyrrole nitrogens is 1. The number of piperazine rings is 1. The largest absolute Gasteiger partial charge is 0.472 e. The number of furan rings is 2. The topological polar surface area (TPSA) is 107 Å². The third-order valence-electron chi connectivity index (χ3n) is 6.01. The molecule has 0 unspecified atom stereocenters. The Morgan fingerprint density at radius 3 is 2.50 bits per heavy atom. The molecule has 4 aromatic heterocycles. The van der Waals surface area contributed by atoms with E-state index in [1.807, 2.05) is 12.1 Å². The number of aromatic nitrogens is 3. The van der Waals surface area contributed by atoms with E-state index in [0.717, 1.165) is 53.9 Å². The van der Waals surface area contributed by atoms with Crippen molar-refractivity contribution < 1.29 is 8.83 Å². The van der Waals surface area contributed by atoms with Crippen LogP contribution >= 0.6 is 12.4 Å². The van der Waals surface area contributed by atoms with Gasteiger partial charge in [0.05, 0.1) is 35.4 Å². The number of halogens is 1. The number of nitrogens with zero attached hydrogens (tertiary/aromatic N) is 4. The van der Waals surface area contributed by atoms with E-state index >= 15 is 0 Å². The number of nitrogens with one attached hydrogen (secondary N) is 2. The molecule has 0 spiro atoms. The average molecular weight is 473 g/mol. The molecule has 0 atom stereocenters. The molecule has 0 bridgehead atoms. The van der Waals surface area contributed by atoms with E-state index in [1.165, 1.54) is 0 Å². The summed E-state index contributed by atoms with van der Waals surface area (Å²) in [6.07, 6.45) is 4.78. The molecule has 1 aromatic carbocycles. The van der Waals surface area contributed by atoms with Gasteiger partial charge in [-0.1, -0.05) is 12.1 Å². The van der Waals surface area contributed by atoms with Crippen LogP contribution < -0.4 is 10.2 Å². The van der Waals surface area contributed by atoms with E-state index in [4.69, 9.17) is 13.8 Å². The van der Waals surface area contributed by atoms with Gasteiger partial charge in [0.2, 0.25) is 0 Å². The molecule has 2 N–H and O–H groups in total. The quantitative estimate of drug-likeness (QED) is 0.385. The summed E-state index contributed by atoms with van der Waals surface area (Å²) in [5, 5.41) is 21.9. The standard InChI is InChI=1S/C25H20N6O2.ClH/c26-14-19-21(16-3-5-18(6-4-16)31-10-8-27-9-11-31)22-24(20-2-1-12-33-20)29-30-25(22)28-23(19)17-7-13-32-15-17;/h1-7,12-13,15,27H,8-11H2,(H,28,29,30);1H. The number of pyridine rings is 1. The van der Waals surface area contributed by atoms with Crippen molar-refractivity contribution in [2.75, 3.05) is 31.1 Å². The molecule has 0 amide bonds. The van der Waals surface area contributed by atoms with Crippen molar-refractivity contribution in [2.45, 2.75) is 0 Å². The molecule has 34 heavy (non-hydrogen) atoms. The molecule has 170 valence electrons. The molecule has 0 radical (unpaired) electrons. The van der Waals surface area contributed by atoms with Crippen LogP contribution in [0.3, 0.4) is 0 Å². The maximum absolute atomic E-state index is 10.2. The summed E-state index contributed by atoms with van der Waals surface area (Å²) < 4.78 is 10.9. The Labute approximate surface area is 201 Å². The third kappa shape index (κ3) is 3.61. The first-order chi connectivity index (χ1) is 16.3. The van der Waals surface area contributed by atoms with Gasteiger partial charge in [-0.3, -0.25) is 5.10 Å². The first-order valence-electron chi connectivity index (χ1n) is 10.8. The predicted molar refractivity (Wildman–Crippen MR) is 132 cm³/mol. The Balaban J connectivity index is 0.00000241. The van der Waals surface area contributed by atoms with Gasteiger partial charge in [0.1, 0.15) is 11.8 Å². The number of hydrogen-bond acceptors (Lipinski definition) is 7. The zero-order valence-corrected chi connectivity index (χ0v) is 18.9. The van der Waals surface area contributed by atoms with Crippen LogP contribution in [-0.4, -0.2) is 41.4 Å². The van der Waals surface area contributed by atoms with E-state index in [9.17, 15) is 5.26 Å². The van der Waals surface area contributed by atoms with Gasteiger partial charge in [-0.05, 0) is 35.9 Å². The van der Waals surface area contributed by atoms with E-state index in [0.29, 0.717) is 28.4 Å². The van der Waals surface area contributed by atoms with Crippen molar-refractivity contribution in [1.82, 2.24) is 20.5 Å². The Morgan fingerprint density at radius 1 is 1.00 bits per heavy atom. The predicted octanol–water partition coefficient (Wildman–Crippen LogP) is 4.85. The molecular weight excluding hydrogens is 452 g/mol. The van der Waals surface area contributed by atoms with Crippen LogP contribution in [0.1, 0.15) is 5.56 Å². The van der Waals surface area contributed by atoms with E-state index in [1.54, 1.807) is 24.9 Å². The van der Waals surface area contributed by atoms with Gasteiger partial charge in [-0.25, -0.2) is 4.98 Å². The van der Waals surface area contributed by atoms with Crippen LogP contribution in [0.25, 0.3) is 44.9 Å². The van der Waals surface area contributed by atoms with Gasteiger partial charge in [-0.2, -0.15) is 10.4 Å². The second-order valence-corrected chi connectivity index (χ2v) is 7.89. The van der Waals surface area contributed by atoms with Crippen LogP contribution in [0.2, 0.25) is 0 Å². The zero-order valence-electron chi connectivity index (χ0n) is 18.1. The number of hydrogen-bond donors (Lipinski definition) is 2. The number of benzene rings is 1. The molecule has 5 heterocycles. The van der Waals surface area contributed by atoms with Crippen molar-refractivity contribution >= 4 is 29.1 Å². The highest BCUT2D eigenvalue weighted by Crippen LogP contribution is 2.40. The fourth-order valence-corrected chi connectivity index (χ4v) is 4.42. The third-order valence-corrected chi connectivity index (χ3v) is 6.01. The van der Waals surface area contributed by atoms with E-state index in [-0.39, 0.29) is 12.4 Å². The summed E-state index contributed by atoms with van der Waals surface area (Å²) in [6.45, 7) is 3.89. The van der Waals surface area contributed by atoms with Crippen LogP contribution in [0.4, 0.5) is 5.69 Å². The van der Waals surface area contributed by atoms with Crippen molar-refractivity contribution in [3.05, 3.63) is 66.8 Å². The molecule has 0 aliphatic carbocycles. The molecule has 1 saturated heterocycles. The fraction of sp³-hybridized carbons (Fsp3) is 0.160. The van der Waals surface area contributed by atoms with Crippen LogP contribution in [0.5, 0.6) is 0 Å². The average Bonchev–Trinajstić information content (AvgIpc) is 3.65. The normalized spacial score (nSPS) is 13.6. The monoisotopic (exact) mass is 472 g/mol. The fourth-order valence-electron chi connectivity index (χ4n) is 4.42. The summed E-state index contributed by atoms with van der Waals surface area (Å²) in [5.41, 5.74) is 5.79. The smallest absolute Gasteiger partial charge is 0.182 e. The SMILES string of the molecule is Cl.N#Cc1c(-c2ccoc2)nc2n[nH]c(-c3ccco3)c2c1-c1ccc(N2CCNCC2)cc1. The maximum atomic E-state index is 10.2. The maximum Gasteiger partial charge on any atom is 0.182 e. The molecule has 6 rings (SSSR count). The number of aromatic amines is 1. The Morgan fingerprint density at radius 2 is 1.82 bits per heavy atom. The van der Waals surface area contributed by atoms with Crippen LogP contribution in [-0.2, 0) is 0 Å². The first-order valence-corrected chi connectivity index (χ1v) is 10.8. The Bertz CT molecular complexity index is 1440. The minimum atomic E-state index is 0. The zero-order chi connectivity index (χ0) is 22.2. The summed E-state index contributed by atoms with van der Waals surface area (Å²) in [5.74, 6) is 0.637. The number of rotatable bonds is 4. The summed E-state index contributed by atoms with van der Waals surface area (Å²) in [6, 6.07) is 16.2. The lowest BCUT2D eigenvalue weighted by Gasteiger charge is -2.29. The van der Waals surface area contributed by atoms with Gasteiger partial charge < -0.3 is 19.1 Å². The summed E-state index contributed by atoms with van der Waals surface area (Å²) in [4.78, 5) is 7.07. The van der Waals surface area contributed by atoms with Crippen molar-refractivity contribution in [3.63, 3.8) is 0 Å². The van der Waals surface area contributed by atoms with Gasteiger partial charge >= 0.3 is 0 Å².